The highest BCUT2D eigenvalue weighted by Gasteiger charge is 2.34. The third-order valence-electron chi connectivity index (χ3n) is 3.69. The second kappa shape index (κ2) is 5.04. The molecular formula is C15H19NO2. The van der Waals surface area contributed by atoms with E-state index in [-0.39, 0.29) is 0 Å². The van der Waals surface area contributed by atoms with Crippen molar-refractivity contribution in [3.8, 4) is 0 Å². The van der Waals surface area contributed by atoms with E-state index in [1.807, 2.05) is 44.2 Å². The number of fused-ring (bicyclic) bond motifs is 1. The molecule has 1 aromatic heterocycles. The van der Waals surface area contributed by atoms with Crippen molar-refractivity contribution < 1.29 is 10.2 Å². The molecule has 2 rings (SSSR count). The lowest BCUT2D eigenvalue weighted by atomic mass is 9.85. The fourth-order valence-corrected chi connectivity index (χ4v) is 2.27. The maximum atomic E-state index is 10.4. The van der Waals surface area contributed by atoms with Gasteiger partial charge in [0.25, 0.3) is 0 Å². The van der Waals surface area contributed by atoms with Gasteiger partial charge in [0.1, 0.15) is 6.10 Å². The lowest BCUT2D eigenvalue weighted by Gasteiger charge is -2.31. The van der Waals surface area contributed by atoms with Gasteiger partial charge in [-0.15, -0.1) is 0 Å². The van der Waals surface area contributed by atoms with Crippen LogP contribution in [0.25, 0.3) is 10.9 Å². The molecule has 1 aromatic carbocycles. The average Bonchev–Trinajstić information content (AvgIpc) is 2.45. The molecule has 0 spiro atoms. The fourth-order valence-electron chi connectivity index (χ4n) is 2.27. The van der Waals surface area contributed by atoms with Gasteiger partial charge in [0, 0.05) is 17.1 Å². The van der Waals surface area contributed by atoms with Crippen LogP contribution in [-0.4, -0.2) is 20.8 Å². The van der Waals surface area contributed by atoms with Crippen LogP contribution in [0, 0.1) is 0 Å². The maximum absolute atomic E-state index is 10.4. The van der Waals surface area contributed by atoms with E-state index in [0.717, 1.165) is 10.9 Å². The molecule has 3 nitrogen and oxygen atoms in total. The lowest BCUT2D eigenvalue weighted by Crippen LogP contribution is -2.35. The van der Waals surface area contributed by atoms with Crippen LogP contribution in [0.2, 0.25) is 0 Å². The van der Waals surface area contributed by atoms with Crippen LogP contribution in [0.1, 0.15) is 38.4 Å². The SMILES string of the molecule is CCC(O)(CC)C(O)c1cccc2cccnc12. The van der Waals surface area contributed by atoms with E-state index in [2.05, 4.69) is 4.98 Å². The molecule has 1 unspecified atom stereocenters. The molecule has 0 aliphatic heterocycles. The fraction of sp³-hybridized carbons (Fsp3) is 0.400. The van der Waals surface area contributed by atoms with E-state index < -0.39 is 11.7 Å². The highest BCUT2D eigenvalue weighted by atomic mass is 16.3. The first-order valence-corrected chi connectivity index (χ1v) is 6.36. The molecule has 96 valence electrons. The monoisotopic (exact) mass is 245 g/mol. The first-order valence-electron chi connectivity index (χ1n) is 6.36. The van der Waals surface area contributed by atoms with Crippen LogP contribution in [0.4, 0.5) is 0 Å². The summed E-state index contributed by atoms with van der Waals surface area (Å²) in [4.78, 5) is 4.31. The summed E-state index contributed by atoms with van der Waals surface area (Å²) in [6.07, 6.45) is 1.81. The van der Waals surface area contributed by atoms with Crippen molar-refractivity contribution in [1.29, 1.82) is 0 Å². The molecule has 0 amide bonds. The van der Waals surface area contributed by atoms with E-state index in [9.17, 15) is 10.2 Å². The van der Waals surface area contributed by atoms with Crippen LogP contribution < -0.4 is 0 Å². The number of benzene rings is 1. The van der Waals surface area contributed by atoms with Gasteiger partial charge in [-0.1, -0.05) is 38.1 Å². The van der Waals surface area contributed by atoms with Gasteiger partial charge in [-0.2, -0.15) is 0 Å². The molecule has 2 N–H and O–H groups in total. The second-order valence-electron chi connectivity index (χ2n) is 4.64. The minimum atomic E-state index is -1.09. The smallest absolute Gasteiger partial charge is 0.110 e. The third-order valence-corrected chi connectivity index (χ3v) is 3.69. The number of aliphatic hydroxyl groups is 2. The summed E-state index contributed by atoms with van der Waals surface area (Å²) in [5, 5.41) is 21.9. The largest absolute Gasteiger partial charge is 0.387 e. The van der Waals surface area contributed by atoms with Crippen molar-refractivity contribution in [3.05, 3.63) is 42.1 Å². The average molecular weight is 245 g/mol. The quantitative estimate of drug-likeness (QED) is 0.871. The highest BCUT2D eigenvalue weighted by Crippen LogP contribution is 2.34. The first-order chi connectivity index (χ1) is 8.62. The Morgan fingerprint density at radius 2 is 1.83 bits per heavy atom. The van der Waals surface area contributed by atoms with Crippen LogP contribution >= 0.6 is 0 Å². The normalized spacial score (nSPS) is 13.8. The minimum Gasteiger partial charge on any atom is -0.387 e. The molecule has 0 aliphatic carbocycles. The molecule has 0 fully saturated rings. The van der Waals surface area contributed by atoms with E-state index in [1.54, 1.807) is 6.20 Å². The molecular weight excluding hydrogens is 226 g/mol. The summed E-state index contributed by atoms with van der Waals surface area (Å²) in [7, 11) is 0. The molecule has 0 saturated heterocycles. The van der Waals surface area contributed by atoms with Gasteiger partial charge in [0.15, 0.2) is 0 Å². The van der Waals surface area contributed by atoms with Gasteiger partial charge >= 0.3 is 0 Å². The van der Waals surface area contributed by atoms with Gasteiger partial charge in [-0.25, -0.2) is 0 Å². The highest BCUT2D eigenvalue weighted by molar-refractivity contribution is 5.82. The molecule has 0 radical (unpaired) electrons. The van der Waals surface area contributed by atoms with Crippen molar-refractivity contribution in [2.24, 2.45) is 0 Å². The molecule has 0 saturated carbocycles. The summed E-state index contributed by atoms with van der Waals surface area (Å²) in [5.41, 5.74) is 0.360. The molecule has 0 aliphatic rings. The van der Waals surface area contributed by atoms with Crippen LogP contribution in [0.15, 0.2) is 36.5 Å². The van der Waals surface area contributed by atoms with E-state index in [1.165, 1.54) is 0 Å². The van der Waals surface area contributed by atoms with Crippen molar-refractivity contribution in [1.82, 2.24) is 4.98 Å². The Hall–Kier alpha value is -1.45. The molecule has 2 aromatic rings. The van der Waals surface area contributed by atoms with Gasteiger partial charge in [-0.05, 0) is 18.9 Å². The number of rotatable bonds is 4. The van der Waals surface area contributed by atoms with Crippen molar-refractivity contribution in [2.75, 3.05) is 0 Å². The third kappa shape index (κ3) is 2.11. The summed E-state index contributed by atoms with van der Waals surface area (Å²) in [5.74, 6) is 0. The molecule has 18 heavy (non-hydrogen) atoms. The predicted molar refractivity (Wildman–Crippen MR) is 72.2 cm³/mol. The minimum absolute atomic E-state index is 0.508. The molecule has 1 atom stereocenters. The zero-order valence-electron chi connectivity index (χ0n) is 10.8. The Bertz CT molecular complexity index is 530. The van der Waals surface area contributed by atoms with Crippen molar-refractivity contribution in [3.63, 3.8) is 0 Å². The number of aromatic nitrogens is 1. The Balaban J connectivity index is 2.54. The zero-order chi connectivity index (χ0) is 13.2. The van der Waals surface area contributed by atoms with Gasteiger partial charge < -0.3 is 10.2 Å². The van der Waals surface area contributed by atoms with Crippen LogP contribution in [-0.2, 0) is 0 Å². The Kier molecular flexibility index (Phi) is 3.64. The number of para-hydroxylation sites is 1. The van der Waals surface area contributed by atoms with Gasteiger partial charge in [0.2, 0.25) is 0 Å². The maximum Gasteiger partial charge on any atom is 0.110 e. The Morgan fingerprint density at radius 3 is 2.50 bits per heavy atom. The zero-order valence-corrected chi connectivity index (χ0v) is 10.8. The molecule has 0 bridgehead atoms. The van der Waals surface area contributed by atoms with E-state index in [4.69, 9.17) is 0 Å². The standard InChI is InChI=1S/C15H19NO2/c1-3-15(18,4-2)14(17)12-9-5-7-11-8-6-10-16-13(11)12/h5-10,14,17-18H,3-4H2,1-2H3. The number of hydrogen-bond acceptors (Lipinski definition) is 3. The van der Waals surface area contributed by atoms with Crippen LogP contribution in [0.3, 0.4) is 0 Å². The summed E-state index contributed by atoms with van der Waals surface area (Å²) in [6.45, 7) is 3.76. The topological polar surface area (TPSA) is 53.4 Å². The summed E-state index contributed by atoms with van der Waals surface area (Å²) in [6, 6.07) is 9.49. The summed E-state index contributed by atoms with van der Waals surface area (Å²) < 4.78 is 0. The van der Waals surface area contributed by atoms with E-state index >= 15 is 0 Å². The Morgan fingerprint density at radius 1 is 1.17 bits per heavy atom. The number of hydrogen-bond donors (Lipinski definition) is 2. The van der Waals surface area contributed by atoms with E-state index in [0.29, 0.717) is 18.4 Å². The second-order valence-corrected chi connectivity index (χ2v) is 4.64. The van der Waals surface area contributed by atoms with Crippen molar-refractivity contribution >= 4 is 10.9 Å². The number of aliphatic hydroxyl groups excluding tert-OH is 1. The lowest BCUT2D eigenvalue weighted by molar-refractivity contribution is -0.0815. The summed E-state index contributed by atoms with van der Waals surface area (Å²) >= 11 is 0. The molecule has 3 heteroatoms. The first kappa shape index (κ1) is 13.0. The van der Waals surface area contributed by atoms with Gasteiger partial charge in [0.05, 0.1) is 11.1 Å². The number of pyridine rings is 1. The van der Waals surface area contributed by atoms with Gasteiger partial charge in [-0.3, -0.25) is 4.98 Å². The number of nitrogens with zero attached hydrogens (tertiary/aromatic N) is 1. The van der Waals surface area contributed by atoms with Crippen LogP contribution in [0.5, 0.6) is 0 Å². The predicted octanol–water partition coefficient (Wildman–Crippen LogP) is 2.82. The van der Waals surface area contributed by atoms with Crippen molar-refractivity contribution in [2.45, 2.75) is 38.4 Å². The Labute approximate surface area is 107 Å². The molecule has 1 heterocycles.